The van der Waals surface area contributed by atoms with E-state index < -0.39 is 0 Å². The van der Waals surface area contributed by atoms with E-state index in [1.165, 1.54) is 272 Å². The molecule has 34 rings (SSSR count). The molecule has 6 aliphatic carbocycles. The number of nitrogens with one attached hydrogen (secondary N) is 1. The molecule has 5 nitrogen and oxygen atoms in total. The van der Waals surface area contributed by atoms with E-state index in [1.54, 1.807) is 0 Å². The van der Waals surface area contributed by atoms with Crippen LogP contribution in [0.25, 0.3) is 239 Å². The first-order chi connectivity index (χ1) is 68.8. The second kappa shape index (κ2) is 31.9. The minimum absolute atomic E-state index is 0.882. The van der Waals surface area contributed by atoms with Gasteiger partial charge in [-0.3, -0.25) is 15.0 Å². The molecule has 0 unspecified atom stereocenters. The topological polar surface area (TPSA) is 67.3 Å². The van der Waals surface area contributed by atoms with Crippen molar-refractivity contribution in [2.45, 2.75) is 38.5 Å². The van der Waals surface area contributed by atoms with Crippen molar-refractivity contribution in [2.75, 3.05) is 0 Å². The summed E-state index contributed by atoms with van der Waals surface area (Å²) in [5.74, 6) is 0. The predicted octanol–water partition coefficient (Wildman–Crippen LogP) is 35.0. The molecule has 0 amide bonds. The molecule has 28 aromatic rings. The van der Waals surface area contributed by atoms with Crippen molar-refractivity contribution in [1.29, 1.82) is 0 Å². The van der Waals surface area contributed by atoms with Crippen LogP contribution in [0.15, 0.2) is 424 Å². The van der Waals surface area contributed by atoms with Gasteiger partial charge in [-0.05, 0) is 375 Å². The fourth-order valence-electron chi connectivity index (χ4n) is 23.6. The van der Waals surface area contributed by atoms with E-state index in [0.717, 1.165) is 71.5 Å². The Morgan fingerprint density at radius 2 is 0.597 bits per heavy atom. The van der Waals surface area contributed by atoms with Crippen molar-refractivity contribution < 1.29 is 0 Å². The second-order valence-electron chi connectivity index (χ2n) is 38.2. The Kier molecular flexibility index (Phi) is 18.2. The Morgan fingerprint density at radius 1 is 0.216 bits per heavy atom. The Labute approximate surface area is 809 Å². The van der Waals surface area contributed by atoms with Gasteiger partial charge in [0.15, 0.2) is 0 Å². The lowest BCUT2D eigenvalue weighted by atomic mass is 9.94. The van der Waals surface area contributed by atoms with Gasteiger partial charge in [0.2, 0.25) is 0 Å². The summed E-state index contributed by atoms with van der Waals surface area (Å²) in [6, 6.07) is 142. The van der Waals surface area contributed by atoms with Crippen molar-refractivity contribution in [3.63, 3.8) is 0 Å². The molecular formula is C132H83N5S2. The van der Waals surface area contributed by atoms with E-state index in [1.807, 2.05) is 53.5 Å². The monoisotopic (exact) mass is 1800 g/mol. The van der Waals surface area contributed by atoms with E-state index in [0.29, 0.717) is 0 Å². The molecule has 1 N–H and O–H groups in total. The SMILES string of the molecule is c1ccc2cc3c4c(ccc3cc2c1)Cc1cc2cnccc2cc1-4.c1ccc2cc3c4c(ccc3cc2c1)Cc1cc[nH]c1-4.c1ccc2cc3c4c(ccc3cc2c1)Cc1ccsc1-4.c1ccc2cc3c4c(ccc3cc2c1)Cc1nc2c(ccc3cccnc32)cc1-4.c1ccc2cc3c4c(ccc3cc2c1)Cc1nc2ccccc2cc1-4.c1ccc2cc3c4c(ccc3cc2c1)Cc1sccc1-4. The van der Waals surface area contributed by atoms with Gasteiger partial charge in [0.25, 0.3) is 0 Å². The van der Waals surface area contributed by atoms with Crippen molar-refractivity contribution in [2.24, 2.45) is 0 Å². The van der Waals surface area contributed by atoms with Crippen molar-refractivity contribution in [3.05, 3.63) is 490 Å². The zero-order valence-electron chi connectivity index (χ0n) is 75.8. The first-order valence-corrected chi connectivity index (χ1v) is 49.9. The highest BCUT2D eigenvalue weighted by molar-refractivity contribution is 7.14. The fraction of sp³-hybridized carbons (Fsp3) is 0.0455. The van der Waals surface area contributed by atoms with Crippen LogP contribution in [0.5, 0.6) is 0 Å². The Bertz CT molecular complexity index is 9560. The Morgan fingerprint density at radius 3 is 1.13 bits per heavy atom. The molecule has 0 spiro atoms. The zero-order valence-corrected chi connectivity index (χ0v) is 77.4. The lowest BCUT2D eigenvalue weighted by Crippen LogP contribution is -1.91. The quantitative estimate of drug-likeness (QED) is 0.121. The van der Waals surface area contributed by atoms with Crippen LogP contribution in [-0.2, 0) is 38.5 Å². The summed E-state index contributed by atoms with van der Waals surface area (Å²) in [6.07, 6.45) is 13.8. The average Bonchev–Trinajstić information content (AvgIpc) is 2.40. The van der Waals surface area contributed by atoms with Crippen molar-refractivity contribution in [1.82, 2.24) is 24.9 Å². The molecule has 0 bridgehead atoms. The molecule has 0 radical (unpaired) electrons. The van der Waals surface area contributed by atoms with Crippen LogP contribution < -0.4 is 0 Å². The number of nitrogens with zero attached hydrogens (tertiary/aromatic N) is 4. The predicted molar refractivity (Wildman–Crippen MR) is 589 cm³/mol. The molecule has 7 aromatic heterocycles. The van der Waals surface area contributed by atoms with Gasteiger partial charge in [-0.2, -0.15) is 0 Å². The molecule has 0 fully saturated rings. The normalized spacial score (nSPS) is 12.7. The molecule has 6 aliphatic rings. The third-order valence-corrected chi connectivity index (χ3v) is 32.1. The van der Waals surface area contributed by atoms with Crippen LogP contribution in [0.2, 0.25) is 0 Å². The maximum Gasteiger partial charge on any atom is 0.0968 e. The van der Waals surface area contributed by atoms with Crippen LogP contribution in [0.1, 0.15) is 66.3 Å². The Hall–Kier alpha value is -16.9. The molecule has 7 heterocycles. The lowest BCUT2D eigenvalue weighted by Gasteiger charge is -2.10. The minimum Gasteiger partial charge on any atom is -0.361 e. The third kappa shape index (κ3) is 13.3. The maximum atomic E-state index is 5.11. The number of thiophene rings is 2. The summed E-state index contributed by atoms with van der Waals surface area (Å²) in [6.45, 7) is 0. The first kappa shape index (κ1) is 79.4. The number of hydrogen-bond donors (Lipinski definition) is 1. The largest absolute Gasteiger partial charge is 0.361 e. The highest BCUT2D eigenvalue weighted by atomic mass is 32.1. The zero-order chi connectivity index (χ0) is 91.0. The molecule has 0 saturated heterocycles. The molecule has 21 aromatic carbocycles. The number of aromatic amines is 1. The summed E-state index contributed by atoms with van der Waals surface area (Å²) >= 11 is 3.76. The first-order valence-electron chi connectivity index (χ1n) is 48.2. The number of pyridine rings is 4. The average molecular weight is 1800 g/mol. The summed E-state index contributed by atoms with van der Waals surface area (Å²) in [5.41, 5.74) is 33.5. The highest BCUT2D eigenvalue weighted by Gasteiger charge is 2.30. The van der Waals surface area contributed by atoms with Crippen molar-refractivity contribution in [3.8, 4) is 66.2 Å². The summed E-state index contributed by atoms with van der Waals surface area (Å²) in [7, 11) is 0. The minimum atomic E-state index is 0.882. The molecule has 0 aliphatic heterocycles. The molecule has 0 saturated carbocycles. The molecule has 7 heteroatoms. The fourth-order valence-corrected chi connectivity index (χ4v) is 25.6. The second-order valence-corrected chi connectivity index (χ2v) is 40.1. The van der Waals surface area contributed by atoms with Crippen LogP contribution in [0.4, 0.5) is 0 Å². The van der Waals surface area contributed by atoms with Gasteiger partial charge in [0.05, 0.1) is 27.9 Å². The Balaban J connectivity index is 0.0000000807. The summed E-state index contributed by atoms with van der Waals surface area (Å²) in [5, 5.41) is 42.3. The van der Waals surface area contributed by atoms with Crippen LogP contribution in [-0.4, -0.2) is 24.9 Å². The lowest BCUT2D eigenvalue weighted by molar-refractivity contribution is 1.15. The number of para-hydroxylation sites is 1. The maximum absolute atomic E-state index is 5.11. The van der Waals surface area contributed by atoms with Crippen LogP contribution in [0.3, 0.4) is 0 Å². The number of H-pyrrole nitrogens is 1. The van der Waals surface area contributed by atoms with E-state index in [9.17, 15) is 0 Å². The van der Waals surface area contributed by atoms with Gasteiger partial charge >= 0.3 is 0 Å². The standard InChI is InChI=1S/C27H16N2.2C24H15N.C19H13N.2C19H12S/c1-2-5-18-13-22-19(12-17(18)4-1)8-9-20-15-24-23(25(20)22)14-21-10-7-16-6-3-11-28-26(16)27(21)29-24;1-2-6-16-12-20-17(11-15(16)5-1)9-10-19-14-23-21(24(19)20)13-18-7-3-4-8-22(18)25-23;1-2-4-16-12-22-18(9-15(16)3-1)5-6-19-10-20-11-21-14-25-8-7-17(21)13-23(20)24(19)22;2*1-2-4-13-11-17-14(9-12(13)3-1)5-6-15-10-16-7-8-20-19(16)18(15)17;1-2-4-13-10-17-14(9-12(13)3-1)5-6-15-11-18-16(19(15)17)7-8-20-18/h1-14H,15H2;1-13H,14H2;1-9,11-14H,10H2;1-9,11,20H,10H2;1-9,11H,10H2;1-10H,11H2. The number of hydrogen-bond acceptors (Lipinski definition) is 6. The third-order valence-electron chi connectivity index (χ3n) is 30.2. The molecule has 0 atom stereocenters. The van der Waals surface area contributed by atoms with Crippen LogP contribution in [0, 0.1) is 0 Å². The van der Waals surface area contributed by atoms with Gasteiger partial charge in [-0.1, -0.05) is 255 Å². The van der Waals surface area contributed by atoms with Crippen LogP contribution >= 0.6 is 22.7 Å². The van der Waals surface area contributed by atoms with E-state index in [2.05, 4.69) is 408 Å². The van der Waals surface area contributed by atoms with Gasteiger partial charge < -0.3 is 4.98 Å². The number of fused-ring (bicyclic) bond motifs is 41. The smallest absolute Gasteiger partial charge is 0.0968 e. The molecule has 648 valence electrons. The van der Waals surface area contributed by atoms with Gasteiger partial charge in [-0.25, -0.2) is 4.98 Å². The molecular weight excluding hydrogens is 1720 g/mol. The van der Waals surface area contributed by atoms with Gasteiger partial charge in [0, 0.05) is 110 Å². The van der Waals surface area contributed by atoms with Gasteiger partial charge in [-0.15, -0.1) is 22.7 Å². The van der Waals surface area contributed by atoms with Crippen molar-refractivity contribution >= 4 is 195 Å². The number of rotatable bonds is 0. The van der Waals surface area contributed by atoms with E-state index in [4.69, 9.17) is 9.97 Å². The summed E-state index contributed by atoms with van der Waals surface area (Å²) in [4.78, 5) is 25.3. The molecule has 139 heavy (non-hydrogen) atoms. The van der Waals surface area contributed by atoms with E-state index >= 15 is 0 Å². The highest BCUT2D eigenvalue weighted by Crippen LogP contribution is 2.52. The summed E-state index contributed by atoms with van der Waals surface area (Å²) < 4.78 is 0. The number of aromatic nitrogens is 5. The van der Waals surface area contributed by atoms with E-state index in [-0.39, 0.29) is 0 Å². The van der Waals surface area contributed by atoms with Gasteiger partial charge in [0.1, 0.15) is 0 Å². The number of benzene rings is 21.